The Morgan fingerprint density at radius 3 is 2.90 bits per heavy atom. The van der Waals surface area contributed by atoms with Gasteiger partial charge < -0.3 is 5.32 Å². The van der Waals surface area contributed by atoms with Gasteiger partial charge in [0.15, 0.2) is 0 Å². The van der Waals surface area contributed by atoms with Crippen LogP contribution in [0.5, 0.6) is 0 Å². The van der Waals surface area contributed by atoms with Crippen molar-refractivity contribution < 1.29 is 4.39 Å². The lowest BCUT2D eigenvalue weighted by molar-refractivity contribution is 0.527. The van der Waals surface area contributed by atoms with E-state index in [2.05, 4.69) is 17.3 Å². The molecule has 0 amide bonds. The molecule has 0 saturated heterocycles. The van der Waals surface area contributed by atoms with Gasteiger partial charge >= 0.3 is 0 Å². The molecule has 20 heavy (non-hydrogen) atoms. The molecule has 0 aliphatic rings. The van der Waals surface area contributed by atoms with Gasteiger partial charge in [-0.25, -0.2) is 4.39 Å². The minimum absolute atomic E-state index is 0.0861. The third-order valence-electron chi connectivity index (χ3n) is 3.20. The molecule has 1 atom stereocenters. The van der Waals surface area contributed by atoms with Crippen molar-refractivity contribution in [3.8, 4) is 0 Å². The molecule has 1 N–H and O–H groups in total. The molecule has 5 heteroatoms. The number of hydrogen-bond donors (Lipinski definition) is 1. The van der Waals surface area contributed by atoms with Crippen molar-refractivity contribution in [1.29, 1.82) is 0 Å². The molecule has 0 saturated carbocycles. The highest BCUT2D eigenvalue weighted by atomic mass is 35.5. The summed E-state index contributed by atoms with van der Waals surface area (Å²) in [6.07, 6.45) is 5.48. The van der Waals surface area contributed by atoms with Crippen LogP contribution in [0, 0.1) is 5.82 Å². The Labute approximate surface area is 123 Å². The molecule has 1 aromatic carbocycles. The first kappa shape index (κ1) is 15.0. The van der Waals surface area contributed by atoms with E-state index in [1.54, 1.807) is 10.7 Å². The van der Waals surface area contributed by atoms with Gasteiger partial charge in [-0.1, -0.05) is 18.5 Å². The van der Waals surface area contributed by atoms with Crippen LogP contribution in [-0.2, 0) is 13.5 Å². The summed E-state index contributed by atoms with van der Waals surface area (Å²) in [4.78, 5) is 0. The maximum atomic E-state index is 13.4. The molecule has 0 aliphatic carbocycles. The number of hydrogen-bond acceptors (Lipinski definition) is 2. The Kier molecular flexibility index (Phi) is 5.15. The van der Waals surface area contributed by atoms with E-state index in [0.29, 0.717) is 11.4 Å². The number of halogens is 2. The first-order chi connectivity index (χ1) is 9.60. The Morgan fingerprint density at radius 2 is 2.25 bits per heavy atom. The van der Waals surface area contributed by atoms with Crippen molar-refractivity contribution in [2.75, 3.05) is 6.54 Å². The summed E-state index contributed by atoms with van der Waals surface area (Å²) in [6, 6.07) is 4.57. The lowest BCUT2D eigenvalue weighted by Crippen LogP contribution is -2.24. The second-order valence-corrected chi connectivity index (χ2v) is 5.30. The van der Waals surface area contributed by atoms with E-state index < -0.39 is 0 Å². The molecular weight excluding hydrogens is 277 g/mol. The van der Waals surface area contributed by atoms with Crippen LogP contribution in [0.2, 0.25) is 5.02 Å². The van der Waals surface area contributed by atoms with Gasteiger partial charge in [0.05, 0.1) is 6.20 Å². The number of aryl methyl sites for hydroxylation is 1. The molecule has 0 fully saturated rings. The van der Waals surface area contributed by atoms with Crippen molar-refractivity contribution in [3.05, 3.63) is 52.6 Å². The number of nitrogens with zero attached hydrogens (tertiary/aromatic N) is 2. The molecule has 2 rings (SSSR count). The standard InChI is InChI=1S/C15H19ClFN3/c1-3-6-18-15(12-9-19-20(2)10-12)8-11-7-13(17)4-5-14(11)16/h4-5,7,9-10,15,18H,3,6,8H2,1-2H3. The van der Waals surface area contributed by atoms with Gasteiger partial charge in [0.2, 0.25) is 0 Å². The molecule has 1 unspecified atom stereocenters. The van der Waals surface area contributed by atoms with E-state index in [1.807, 2.05) is 19.4 Å². The molecule has 2 aromatic rings. The molecule has 0 spiro atoms. The van der Waals surface area contributed by atoms with Crippen molar-refractivity contribution in [3.63, 3.8) is 0 Å². The second kappa shape index (κ2) is 6.86. The predicted molar refractivity (Wildman–Crippen MR) is 79.4 cm³/mol. The van der Waals surface area contributed by atoms with Crippen molar-refractivity contribution >= 4 is 11.6 Å². The largest absolute Gasteiger partial charge is 0.310 e. The van der Waals surface area contributed by atoms with Crippen molar-refractivity contribution in [2.45, 2.75) is 25.8 Å². The van der Waals surface area contributed by atoms with Crippen LogP contribution >= 0.6 is 11.6 Å². The highest BCUT2D eigenvalue weighted by Crippen LogP contribution is 2.24. The molecular formula is C15H19ClFN3. The van der Waals surface area contributed by atoms with Gasteiger partial charge in [-0.2, -0.15) is 5.10 Å². The highest BCUT2D eigenvalue weighted by molar-refractivity contribution is 6.31. The van der Waals surface area contributed by atoms with Crippen LogP contribution in [0.4, 0.5) is 4.39 Å². The van der Waals surface area contributed by atoms with Crippen LogP contribution in [0.3, 0.4) is 0 Å². The summed E-state index contributed by atoms with van der Waals surface area (Å²) in [5, 5.41) is 8.25. The lowest BCUT2D eigenvalue weighted by atomic mass is 10.0. The van der Waals surface area contributed by atoms with E-state index in [9.17, 15) is 4.39 Å². The zero-order chi connectivity index (χ0) is 14.5. The summed E-state index contributed by atoms with van der Waals surface area (Å²) in [7, 11) is 1.88. The van der Waals surface area contributed by atoms with E-state index in [-0.39, 0.29) is 11.9 Å². The van der Waals surface area contributed by atoms with Gasteiger partial charge in [0.25, 0.3) is 0 Å². The zero-order valence-electron chi connectivity index (χ0n) is 11.7. The highest BCUT2D eigenvalue weighted by Gasteiger charge is 2.15. The average Bonchev–Trinajstić information content (AvgIpc) is 2.85. The first-order valence-electron chi connectivity index (χ1n) is 6.76. The van der Waals surface area contributed by atoms with Crippen molar-refractivity contribution in [2.24, 2.45) is 7.05 Å². The van der Waals surface area contributed by atoms with E-state index >= 15 is 0 Å². The molecule has 0 radical (unpaired) electrons. The predicted octanol–water partition coefficient (Wildman–Crippen LogP) is 3.50. The topological polar surface area (TPSA) is 29.9 Å². The van der Waals surface area contributed by atoms with Crippen LogP contribution in [0.15, 0.2) is 30.6 Å². The van der Waals surface area contributed by atoms with Crippen LogP contribution < -0.4 is 5.32 Å². The third-order valence-corrected chi connectivity index (χ3v) is 3.57. The van der Waals surface area contributed by atoms with Crippen LogP contribution in [0.25, 0.3) is 0 Å². The molecule has 3 nitrogen and oxygen atoms in total. The minimum atomic E-state index is -0.259. The van der Waals surface area contributed by atoms with Gasteiger partial charge in [0, 0.05) is 29.9 Å². The Hall–Kier alpha value is -1.39. The number of benzene rings is 1. The molecule has 108 valence electrons. The summed E-state index contributed by atoms with van der Waals surface area (Å²) >= 11 is 6.15. The molecule has 1 heterocycles. The summed E-state index contributed by atoms with van der Waals surface area (Å²) in [5.74, 6) is -0.259. The number of nitrogens with one attached hydrogen (secondary N) is 1. The first-order valence-corrected chi connectivity index (χ1v) is 7.13. The third kappa shape index (κ3) is 3.81. The zero-order valence-corrected chi connectivity index (χ0v) is 12.5. The fourth-order valence-corrected chi connectivity index (χ4v) is 2.36. The lowest BCUT2D eigenvalue weighted by Gasteiger charge is -2.18. The van der Waals surface area contributed by atoms with Crippen LogP contribution in [-0.4, -0.2) is 16.3 Å². The summed E-state index contributed by atoms with van der Waals surface area (Å²) in [5.41, 5.74) is 1.89. The molecule has 0 bridgehead atoms. The SMILES string of the molecule is CCCNC(Cc1cc(F)ccc1Cl)c1cnn(C)c1. The molecule has 1 aromatic heterocycles. The quantitative estimate of drug-likeness (QED) is 0.884. The van der Waals surface area contributed by atoms with E-state index in [0.717, 1.165) is 24.1 Å². The number of rotatable bonds is 6. The minimum Gasteiger partial charge on any atom is -0.310 e. The Balaban J connectivity index is 2.21. The van der Waals surface area contributed by atoms with Gasteiger partial charge in [-0.3, -0.25) is 4.68 Å². The maximum Gasteiger partial charge on any atom is 0.123 e. The fourth-order valence-electron chi connectivity index (χ4n) is 2.17. The Morgan fingerprint density at radius 1 is 1.45 bits per heavy atom. The van der Waals surface area contributed by atoms with Crippen molar-refractivity contribution in [1.82, 2.24) is 15.1 Å². The summed E-state index contributed by atoms with van der Waals surface area (Å²) < 4.78 is 15.1. The number of aromatic nitrogens is 2. The maximum absolute atomic E-state index is 13.4. The van der Waals surface area contributed by atoms with Crippen LogP contribution in [0.1, 0.15) is 30.5 Å². The van der Waals surface area contributed by atoms with Gasteiger partial charge in [-0.15, -0.1) is 0 Å². The van der Waals surface area contributed by atoms with E-state index in [4.69, 9.17) is 11.6 Å². The fraction of sp³-hybridized carbons (Fsp3) is 0.400. The smallest absolute Gasteiger partial charge is 0.123 e. The van der Waals surface area contributed by atoms with Gasteiger partial charge in [0.1, 0.15) is 5.82 Å². The summed E-state index contributed by atoms with van der Waals surface area (Å²) in [6.45, 7) is 3.01. The monoisotopic (exact) mass is 295 g/mol. The molecule has 0 aliphatic heterocycles. The van der Waals surface area contributed by atoms with Gasteiger partial charge in [-0.05, 0) is 43.1 Å². The van der Waals surface area contributed by atoms with E-state index in [1.165, 1.54) is 12.1 Å². The average molecular weight is 296 g/mol. The second-order valence-electron chi connectivity index (χ2n) is 4.89. The Bertz CT molecular complexity index is 568. The normalized spacial score (nSPS) is 12.6.